The van der Waals surface area contributed by atoms with Crippen LogP contribution in [0.15, 0.2) is 42.5 Å². The molecule has 140 valence electrons. The molecule has 0 unspecified atom stereocenters. The van der Waals surface area contributed by atoms with Gasteiger partial charge in [-0.2, -0.15) is 0 Å². The van der Waals surface area contributed by atoms with Crippen LogP contribution in [0.1, 0.15) is 30.0 Å². The molecule has 5 nitrogen and oxygen atoms in total. The summed E-state index contributed by atoms with van der Waals surface area (Å²) in [4.78, 5) is 12.3. The molecule has 0 radical (unpaired) electrons. The third-order valence-electron chi connectivity index (χ3n) is 4.39. The molecule has 0 heterocycles. The quantitative estimate of drug-likeness (QED) is 0.804. The largest absolute Gasteiger partial charge is 0.326 e. The van der Waals surface area contributed by atoms with Crippen molar-refractivity contribution in [2.45, 2.75) is 33.6 Å². The van der Waals surface area contributed by atoms with Crippen LogP contribution >= 0.6 is 0 Å². The number of amides is 1. The molecular formula is C20H26N2O3S. The second kappa shape index (κ2) is 8.36. The molecular weight excluding hydrogens is 348 g/mol. The number of aryl methyl sites for hydroxylation is 3. The molecule has 0 fully saturated rings. The van der Waals surface area contributed by atoms with Crippen molar-refractivity contribution < 1.29 is 13.2 Å². The van der Waals surface area contributed by atoms with Gasteiger partial charge in [-0.25, -0.2) is 8.42 Å². The lowest BCUT2D eigenvalue weighted by atomic mass is 10.1. The highest BCUT2D eigenvalue weighted by Crippen LogP contribution is 2.22. The van der Waals surface area contributed by atoms with Gasteiger partial charge in [0.1, 0.15) is 0 Å². The van der Waals surface area contributed by atoms with Gasteiger partial charge in [0, 0.05) is 18.7 Å². The lowest BCUT2D eigenvalue weighted by Crippen LogP contribution is -2.33. The molecule has 0 atom stereocenters. The zero-order valence-corrected chi connectivity index (χ0v) is 16.6. The normalized spacial score (nSPS) is 11.2. The minimum absolute atomic E-state index is 0.0814. The predicted octanol–water partition coefficient (Wildman–Crippen LogP) is 3.66. The summed E-state index contributed by atoms with van der Waals surface area (Å²) in [5.41, 5.74) is 4.51. The SMILES string of the molecule is CCc1ccccc1NC(=O)CCN(c1ccc(C)c(C)c1)S(C)(=O)=O. The third kappa shape index (κ3) is 5.08. The fourth-order valence-electron chi connectivity index (χ4n) is 2.73. The molecule has 0 aromatic heterocycles. The summed E-state index contributed by atoms with van der Waals surface area (Å²) >= 11 is 0. The first-order chi connectivity index (χ1) is 12.2. The van der Waals surface area contributed by atoms with Gasteiger partial charge in [0.2, 0.25) is 15.9 Å². The highest BCUT2D eigenvalue weighted by atomic mass is 32.2. The van der Waals surface area contributed by atoms with E-state index in [-0.39, 0.29) is 18.9 Å². The average Bonchev–Trinajstić information content (AvgIpc) is 2.57. The van der Waals surface area contributed by atoms with E-state index in [9.17, 15) is 13.2 Å². The fourth-order valence-corrected chi connectivity index (χ4v) is 3.65. The molecule has 2 aromatic rings. The lowest BCUT2D eigenvalue weighted by Gasteiger charge is -2.23. The first-order valence-corrected chi connectivity index (χ1v) is 10.5. The van der Waals surface area contributed by atoms with Crippen molar-refractivity contribution in [1.29, 1.82) is 0 Å². The number of benzene rings is 2. The van der Waals surface area contributed by atoms with Crippen molar-refractivity contribution in [1.82, 2.24) is 0 Å². The summed E-state index contributed by atoms with van der Waals surface area (Å²) in [7, 11) is -3.48. The van der Waals surface area contributed by atoms with Gasteiger partial charge < -0.3 is 5.32 Å². The van der Waals surface area contributed by atoms with Gasteiger partial charge in [0.15, 0.2) is 0 Å². The van der Waals surface area contributed by atoms with Crippen molar-refractivity contribution in [3.05, 3.63) is 59.2 Å². The summed E-state index contributed by atoms with van der Waals surface area (Å²) in [5, 5.41) is 2.88. The lowest BCUT2D eigenvalue weighted by molar-refractivity contribution is -0.116. The summed E-state index contributed by atoms with van der Waals surface area (Å²) in [5.74, 6) is -0.205. The summed E-state index contributed by atoms with van der Waals surface area (Å²) < 4.78 is 25.7. The monoisotopic (exact) mass is 374 g/mol. The Morgan fingerprint density at radius 3 is 2.38 bits per heavy atom. The van der Waals surface area contributed by atoms with Crippen molar-refractivity contribution in [3.63, 3.8) is 0 Å². The number of hydrogen-bond acceptors (Lipinski definition) is 3. The van der Waals surface area contributed by atoms with Crippen molar-refractivity contribution in [2.24, 2.45) is 0 Å². The Morgan fingerprint density at radius 1 is 1.08 bits per heavy atom. The minimum atomic E-state index is -3.48. The zero-order chi connectivity index (χ0) is 19.3. The van der Waals surface area contributed by atoms with Crippen molar-refractivity contribution in [3.8, 4) is 0 Å². The highest BCUT2D eigenvalue weighted by molar-refractivity contribution is 7.92. The molecule has 2 aromatic carbocycles. The Bertz CT molecular complexity index is 892. The molecule has 0 aliphatic heterocycles. The van der Waals surface area contributed by atoms with E-state index in [1.54, 1.807) is 6.07 Å². The summed E-state index contributed by atoms with van der Waals surface area (Å²) in [6.07, 6.45) is 2.05. The van der Waals surface area contributed by atoms with Crippen molar-refractivity contribution >= 4 is 27.3 Å². The summed E-state index contributed by atoms with van der Waals surface area (Å²) in [6.45, 7) is 6.04. The average molecular weight is 375 g/mol. The number of anilines is 2. The minimum Gasteiger partial charge on any atom is -0.326 e. The molecule has 0 bridgehead atoms. The molecule has 6 heteroatoms. The number of nitrogens with zero attached hydrogens (tertiary/aromatic N) is 1. The molecule has 0 spiro atoms. The van der Waals surface area contributed by atoms with E-state index in [1.807, 2.05) is 57.2 Å². The van der Waals surface area contributed by atoms with Crippen LogP contribution in [0.2, 0.25) is 0 Å². The van der Waals surface area contributed by atoms with E-state index in [1.165, 1.54) is 4.31 Å². The Hall–Kier alpha value is -2.34. The Morgan fingerprint density at radius 2 is 1.77 bits per heavy atom. The van der Waals surface area contributed by atoms with Gasteiger partial charge in [-0.05, 0) is 55.2 Å². The first kappa shape index (κ1) is 20.0. The molecule has 0 saturated carbocycles. The number of sulfonamides is 1. The van der Waals surface area contributed by atoms with E-state index < -0.39 is 10.0 Å². The molecule has 0 saturated heterocycles. The first-order valence-electron chi connectivity index (χ1n) is 8.65. The maximum Gasteiger partial charge on any atom is 0.232 e. The fraction of sp³-hybridized carbons (Fsp3) is 0.350. The van der Waals surface area contributed by atoms with Gasteiger partial charge in [-0.1, -0.05) is 31.2 Å². The number of carbonyl (C=O) groups excluding carboxylic acids is 1. The molecule has 0 aliphatic rings. The molecule has 0 aliphatic carbocycles. The number of carbonyl (C=O) groups is 1. The second-order valence-electron chi connectivity index (χ2n) is 6.41. The third-order valence-corrected chi connectivity index (χ3v) is 5.59. The van der Waals surface area contributed by atoms with Crippen molar-refractivity contribution in [2.75, 3.05) is 22.4 Å². The van der Waals surface area contributed by atoms with Crippen LogP contribution in [0.25, 0.3) is 0 Å². The van der Waals surface area contributed by atoms with Gasteiger partial charge in [0.25, 0.3) is 0 Å². The number of rotatable bonds is 7. The van der Waals surface area contributed by atoms with E-state index in [0.717, 1.165) is 35.1 Å². The number of hydrogen-bond donors (Lipinski definition) is 1. The highest BCUT2D eigenvalue weighted by Gasteiger charge is 2.19. The van der Waals surface area contributed by atoms with E-state index in [0.29, 0.717) is 5.69 Å². The van der Waals surface area contributed by atoms with Gasteiger partial charge in [-0.3, -0.25) is 9.10 Å². The van der Waals surface area contributed by atoms with Gasteiger partial charge in [-0.15, -0.1) is 0 Å². The topological polar surface area (TPSA) is 66.5 Å². The van der Waals surface area contributed by atoms with Crippen LogP contribution in [0, 0.1) is 13.8 Å². The molecule has 2 rings (SSSR count). The smallest absolute Gasteiger partial charge is 0.232 e. The van der Waals surface area contributed by atoms with Crippen LogP contribution in [-0.4, -0.2) is 27.1 Å². The van der Waals surface area contributed by atoms with E-state index in [4.69, 9.17) is 0 Å². The van der Waals surface area contributed by atoms with E-state index >= 15 is 0 Å². The van der Waals surface area contributed by atoms with Crippen LogP contribution in [0.3, 0.4) is 0 Å². The van der Waals surface area contributed by atoms with E-state index in [2.05, 4.69) is 5.32 Å². The van der Waals surface area contributed by atoms with Gasteiger partial charge in [0.05, 0.1) is 11.9 Å². The molecule has 1 amide bonds. The Kier molecular flexibility index (Phi) is 6.42. The summed E-state index contributed by atoms with van der Waals surface area (Å²) in [6, 6.07) is 13.1. The standard InChI is InChI=1S/C20H26N2O3S/c1-5-17-8-6-7-9-19(17)21-20(23)12-13-22(26(4,24)25)18-11-10-15(2)16(3)14-18/h6-11,14H,5,12-13H2,1-4H3,(H,21,23). The number of nitrogens with one attached hydrogen (secondary N) is 1. The molecule has 26 heavy (non-hydrogen) atoms. The van der Waals surface area contributed by atoms with Crippen LogP contribution < -0.4 is 9.62 Å². The Labute approximate surface area is 156 Å². The predicted molar refractivity (Wildman–Crippen MR) is 107 cm³/mol. The Balaban J connectivity index is 2.12. The molecule has 1 N–H and O–H groups in total. The number of para-hydroxylation sites is 1. The van der Waals surface area contributed by atoms with Crippen LogP contribution in [0.4, 0.5) is 11.4 Å². The zero-order valence-electron chi connectivity index (χ0n) is 15.7. The van der Waals surface area contributed by atoms with Crippen LogP contribution in [-0.2, 0) is 21.2 Å². The second-order valence-corrected chi connectivity index (χ2v) is 8.32. The van der Waals surface area contributed by atoms with Crippen LogP contribution in [0.5, 0.6) is 0 Å². The van der Waals surface area contributed by atoms with Gasteiger partial charge >= 0.3 is 0 Å². The maximum atomic E-state index is 12.3. The maximum absolute atomic E-state index is 12.3.